The lowest BCUT2D eigenvalue weighted by molar-refractivity contribution is -0.120. The number of carbonyl (C=O) groups is 3. The number of nitrogens with zero attached hydrogens (tertiary/aromatic N) is 1. The van der Waals surface area contributed by atoms with Gasteiger partial charge < -0.3 is 20.6 Å². The molecule has 0 saturated carbocycles. The predicted octanol–water partition coefficient (Wildman–Crippen LogP) is 1.50. The van der Waals surface area contributed by atoms with Crippen molar-refractivity contribution in [3.05, 3.63) is 28.2 Å². The van der Waals surface area contributed by atoms with E-state index < -0.39 is 12.0 Å². The summed E-state index contributed by atoms with van der Waals surface area (Å²) in [6, 6.07) is 4.11. The van der Waals surface area contributed by atoms with E-state index in [1.54, 1.807) is 12.1 Å². The van der Waals surface area contributed by atoms with E-state index in [4.69, 9.17) is 5.11 Å². The Hall–Kier alpha value is -2.09. The molecule has 8 heteroatoms. The van der Waals surface area contributed by atoms with Crippen molar-refractivity contribution in [2.75, 3.05) is 25.0 Å². The molecule has 1 heterocycles. The van der Waals surface area contributed by atoms with E-state index in [0.717, 1.165) is 0 Å². The third-order valence-corrected chi connectivity index (χ3v) is 3.69. The number of nitrogens with one attached hydrogen (secondary N) is 2. The van der Waals surface area contributed by atoms with Crippen LogP contribution in [0.1, 0.15) is 16.8 Å². The van der Waals surface area contributed by atoms with Crippen molar-refractivity contribution in [1.29, 1.82) is 0 Å². The summed E-state index contributed by atoms with van der Waals surface area (Å²) < 4.78 is 0.468. The first-order valence-electron chi connectivity index (χ1n) is 6.33. The molecule has 3 N–H and O–H groups in total. The fourth-order valence-corrected chi connectivity index (χ4v) is 2.46. The number of hydrogen-bond donors (Lipinski definition) is 3. The molecule has 1 aliphatic heterocycles. The maximum Gasteiger partial charge on any atom is 0.337 e. The van der Waals surface area contributed by atoms with Gasteiger partial charge in [0, 0.05) is 17.6 Å². The van der Waals surface area contributed by atoms with E-state index in [1.165, 1.54) is 11.0 Å². The molecule has 0 aliphatic carbocycles. The number of benzene rings is 1. The van der Waals surface area contributed by atoms with Crippen molar-refractivity contribution < 1.29 is 19.5 Å². The molecule has 1 aromatic carbocycles. The number of halogens is 1. The Bertz CT molecular complexity index is 591. The zero-order valence-corrected chi connectivity index (χ0v) is 12.6. The summed E-state index contributed by atoms with van der Waals surface area (Å²) in [5.74, 6) is -1.37. The van der Waals surface area contributed by atoms with Crippen molar-refractivity contribution in [2.45, 2.75) is 6.42 Å². The smallest absolute Gasteiger partial charge is 0.337 e. The van der Waals surface area contributed by atoms with Crippen LogP contribution in [0.3, 0.4) is 0 Å². The number of amides is 3. The van der Waals surface area contributed by atoms with E-state index in [1.807, 2.05) is 0 Å². The largest absolute Gasteiger partial charge is 0.478 e. The number of hydrogen-bond acceptors (Lipinski definition) is 3. The predicted molar refractivity (Wildman–Crippen MR) is 79.3 cm³/mol. The van der Waals surface area contributed by atoms with Crippen LogP contribution in [0.15, 0.2) is 22.7 Å². The minimum atomic E-state index is -1.14. The highest BCUT2D eigenvalue weighted by atomic mass is 79.9. The van der Waals surface area contributed by atoms with E-state index >= 15 is 0 Å². The van der Waals surface area contributed by atoms with Gasteiger partial charge in [0.25, 0.3) is 0 Å². The SMILES string of the molecule is O=C1CN(C(=O)Nc2c(Br)cccc2C(=O)O)CCCN1. The number of urea groups is 1. The Morgan fingerprint density at radius 2 is 2.14 bits per heavy atom. The van der Waals surface area contributed by atoms with Crippen LogP contribution >= 0.6 is 15.9 Å². The molecular formula is C13H14BrN3O4. The Kier molecular flexibility index (Phi) is 4.79. The van der Waals surface area contributed by atoms with Gasteiger partial charge in [-0.15, -0.1) is 0 Å². The second kappa shape index (κ2) is 6.57. The third-order valence-electron chi connectivity index (χ3n) is 3.02. The summed E-state index contributed by atoms with van der Waals surface area (Å²) in [6.45, 7) is 0.911. The van der Waals surface area contributed by atoms with Gasteiger partial charge in [-0.05, 0) is 34.5 Å². The van der Waals surface area contributed by atoms with E-state index in [-0.39, 0.29) is 23.7 Å². The second-order valence-electron chi connectivity index (χ2n) is 4.52. The van der Waals surface area contributed by atoms with Gasteiger partial charge in [-0.2, -0.15) is 0 Å². The van der Waals surface area contributed by atoms with Crippen LogP contribution < -0.4 is 10.6 Å². The number of carboxylic acid groups (broad SMARTS) is 1. The highest BCUT2D eigenvalue weighted by Gasteiger charge is 2.22. The molecular weight excluding hydrogens is 342 g/mol. The quantitative estimate of drug-likeness (QED) is 0.748. The molecule has 0 bridgehead atoms. The Morgan fingerprint density at radius 3 is 2.86 bits per heavy atom. The monoisotopic (exact) mass is 355 g/mol. The number of anilines is 1. The maximum absolute atomic E-state index is 12.2. The number of rotatable bonds is 2. The molecule has 0 aromatic heterocycles. The first kappa shape index (κ1) is 15.3. The summed E-state index contributed by atoms with van der Waals surface area (Å²) in [7, 11) is 0. The lowest BCUT2D eigenvalue weighted by Gasteiger charge is -2.20. The van der Waals surface area contributed by atoms with Gasteiger partial charge in [0.05, 0.1) is 11.3 Å². The first-order chi connectivity index (χ1) is 9.99. The fourth-order valence-electron chi connectivity index (χ4n) is 1.99. The Balaban J connectivity index is 2.19. The van der Waals surface area contributed by atoms with Crippen LogP contribution in [0.4, 0.5) is 10.5 Å². The van der Waals surface area contributed by atoms with E-state index in [9.17, 15) is 14.4 Å². The molecule has 7 nitrogen and oxygen atoms in total. The van der Waals surface area contributed by atoms with Crippen LogP contribution in [0.25, 0.3) is 0 Å². The number of aromatic carboxylic acids is 1. The van der Waals surface area contributed by atoms with Crippen LogP contribution in [-0.2, 0) is 4.79 Å². The second-order valence-corrected chi connectivity index (χ2v) is 5.38. The van der Waals surface area contributed by atoms with Crippen molar-refractivity contribution >= 4 is 39.5 Å². The average molecular weight is 356 g/mol. The van der Waals surface area contributed by atoms with E-state index in [2.05, 4.69) is 26.6 Å². The molecule has 21 heavy (non-hydrogen) atoms. The summed E-state index contributed by atoms with van der Waals surface area (Å²) in [6.07, 6.45) is 0.654. The lowest BCUT2D eigenvalue weighted by Crippen LogP contribution is -2.40. The number of para-hydroxylation sites is 1. The number of carbonyl (C=O) groups excluding carboxylic acids is 2. The molecule has 1 aromatic rings. The third kappa shape index (κ3) is 3.72. The zero-order valence-electron chi connectivity index (χ0n) is 11.1. The minimum Gasteiger partial charge on any atom is -0.478 e. The fraction of sp³-hybridized carbons (Fsp3) is 0.308. The average Bonchev–Trinajstić information content (AvgIpc) is 2.65. The lowest BCUT2D eigenvalue weighted by atomic mass is 10.2. The summed E-state index contributed by atoms with van der Waals surface area (Å²) >= 11 is 3.22. The van der Waals surface area contributed by atoms with Gasteiger partial charge in [-0.1, -0.05) is 6.07 Å². The van der Waals surface area contributed by atoms with Gasteiger partial charge in [-0.3, -0.25) is 4.79 Å². The molecule has 3 amide bonds. The van der Waals surface area contributed by atoms with Gasteiger partial charge in [0.1, 0.15) is 6.54 Å². The van der Waals surface area contributed by atoms with Gasteiger partial charge in [0.2, 0.25) is 5.91 Å². The van der Waals surface area contributed by atoms with Crippen molar-refractivity contribution in [2.24, 2.45) is 0 Å². The standard InChI is InChI=1S/C13H14BrN3O4/c14-9-4-1-3-8(12(19)20)11(9)16-13(21)17-6-2-5-15-10(18)7-17/h1,3-4H,2,5-7H2,(H,15,18)(H,16,21)(H,19,20). The van der Waals surface area contributed by atoms with Crippen LogP contribution in [0.2, 0.25) is 0 Å². The Morgan fingerprint density at radius 1 is 1.38 bits per heavy atom. The molecule has 2 rings (SSSR count). The maximum atomic E-state index is 12.2. The van der Waals surface area contributed by atoms with Crippen LogP contribution in [0.5, 0.6) is 0 Å². The molecule has 1 fully saturated rings. The van der Waals surface area contributed by atoms with E-state index in [0.29, 0.717) is 24.0 Å². The first-order valence-corrected chi connectivity index (χ1v) is 7.13. The normalized spacial score (nSPS) is 15.1. The highest BCUT2D eigenvalue weighted by Crippen LogP contribution is 2.27. The summed E-state index contributed by atoms with van der Waals surface area (Å²) in [5.41, 5.74) is 0.164. The van der Waals surface area contributed by atoms with Gasteiger partial charge in [-0.25, -0.2) is 9.59 Å². The molecule has 1 aliphatic rings. The molecule has 0 radical (unpaired) electrons. The van der Waals surface area contributed by atoms with Crippen molar-refractivity contribution in [1.82, 2.24) is 10.2 Å². The minimum absolute atomic E-state index is 0.0167. The highest BCUT2D eigenvalue weighted by molar-refractivity contribution is 9.10. The summed E-state index contributed by atoms with van der Waals surface area (Å²) in [5, 5.41) is 14.4. The topological polar surface area (TPSA) is 98.7 Å². The van der Waals surface area contributed by atoms with Crippen molar-refractivity contribution in [3.63, 3.8) is 0 Å². The molecule has 1 saturated heterocycles. The Labute approximate surface area is 129 Å². The number of carboxylic acids is 1. The van der Waals surface area contributed by atoms with Crippen LogP contribution in [0, 0.1) is 0 Å². The van der Waals surface area contributed by atoms with Gasteiger partial charge in [0.15, 0.2) is 0 Å². The van der Waals surface area contributed by atoms with Crippen molar-refractivity contribution in [3.8, 4) is 0 Å². The van der Waals surface area contributed by atoms with Gasteiger partial charge >= 0.3 is 12.0 Å². The summed E-state index contributed by atoms with van der Waals surface area (Å²) in [4.78, 5) is 36.2. The molecule has 0 atom stereocenters. The molecule has 112 valence electrons. The zero-order chi connectivity index (χ0) is 15.4. The van der Waals surface area contributed by atoms with Crippen LogP contribution in [-0.4, -0.2) is 47.5 Å². The molecule has 0 spiro atoms. The molecule has 0 unspecified atom stereocenters.